The van der Waals surface area contributed by atoms with Crippen LogP contribution < -0.4 is 10.5 Å². The molecule has 4 nitrogen and oxygen atoms in total. The molecule has 1 fully saturated rings. The summed E-state index contributed by atoms with van der Waals surface area (Å²) in [4.78, 5) is 0. The summed E-state index contributed by atoms with van der Waals surface area (Å²) < 4.78 is 16.2. The summed E-state index contributed by atoms with van der Waals surface area (Å²) in [5.74, 6) is 0.823. The van der Waals surface area contributed by atoms with Crippen LogP contribution in [0.1, 0.15) is 11.7 Å². The molecular weight excluding hydrogens is 194 g/mol. The number of rotatable bonds is 3. The number of benzene rings is 1. The average molecular weight is 209 g/mol. The van der Waals surface area contributed by atoms with Crippen molar-refractivity contribution in [2.45, 2.75) is 12.4 Å². The fourth-order valence-electron chi connectivity index (χ4n) is 1.68. The van der Waals surface area contributed by atoms with Gasteiger partial charge in [0.15, 0.2) is 6.29 Å². The van der Waals surface area contributed by atoms with E-state index in [-0.39, 0.29) is 12.4 Å². The van der Waals surface area contributed by atoms with Gasteiger partial charge in [0.25, 0.3) is 0 Å². The molecule has 0 saturated carbocycles. The summed E-state index contributed by atoms with van der Waals surface area (Å²) in [7, 11) is 1.65. The normalized spacial score (nSPS) is 25.5. The number of para-hydroxylation sites is 1. The van der Waals surface area contributed by atoms with Crippen LogP contribution in [0.25, 0.3) is 0 Å². The van der Waals surface area contributed by atoms with Crippen LogP contribution in [0.3, 0.4) is 0 Å². The number of ether oxygens (including phenoxy) is 3. The number of hydrogen-bond acceptors (Lipinski definition) is 4. The first-order valence-electron chi connectivity index (χ1n) is 4.95. The van der Waals surface area contributed by atoms with E-state index >= 15 is 0 Å². The third-order valence-corrected chi connectivity index (χ3v) is 2.43. The summed E-state index contributed by atoms with van der Waals surface area (Å²) in [6.07, 6.45) is -0.366. The summed E-state index contributed by atoms with van der Waals surface area (Å²) in [6.45, 7) is 0.911. The van der Waals surface area contributed by atoms with Crippen molar-refractivity contribution in [1.82, 2.24) is 0 Å². The zero-order valence-corrected chi connectivity index (χ0v) is 8.68. The fraction of sp³-hybridized carbons (Fsp3) is 0.455. The summed E-state index contributed by atoms with van der Waals surface area (Å²) in [5.41, 5.74) is 6.47. The average Bonchev–Trinajstić information content (AvgIpc) is 2.77. The summed E-state index contributed by atoms with van der Waals surface area (Å²) in [5, 5.41) is 0. The van der Waals surface area contributed by atoms with Gasteiger partial charge in [0.05, 0.1) is 13.7 Å². The molecule has 1 saturated heterocycles. The molecule has 0 aromatic heterocycles. The van der Waals surface area contributed by atoms with E-state index in [1.807, 2.05) is 24.3 Å². The van der Waals surface area contributed by atoms with E-state index in [0.29, 0.717) is 13.2 Å². The molecule has 1 aromatic carbocycles. The van der Waals surface area contributed by atoms with E-state index in [9.17, 15) is 0 Å². The molecule has 15 heavy (non-hydrogen) atoms. The Morgan fingerprint density at radius 2 is 2.27 bits per heavy atom. The quantitative estimate of drug-likeness (QED) is 0.809. The van der Waals surface area contributed by atoms with Crippen LogP contribution in [-0.4, -0.2) is 26.6 Å². The molecule has 0 radical (unpaired) electrons. The Kier molecular flexibility index (Phi) is 3.20. The van der Waals surface area contributed by atoms with Crippen molar-refractivity contribution in [2.75, 3.05) is 20.3 Å². The van der Waals surface area contributed by atoms with E-state index in [1.165, 1.54) is 0 Å². The zero-order valence-electron chi connectivity index (χ0n) is 8.68. The molecule has 1 aromatic rings. The lowest BCUT2D eigenvalue weighted by Gasteiger charge is -2.13. The lowest BCUT2D eigenvalue weighted by atomic mass is 10.1. The van der Waals surface area contributed by atoms with Gasteiger partial charge in [-0.05, 0) is 6.07 Å². The predicted molar refractivity (Wildman–Crippen MR) is 55.6 cm³/mol. The van der Waals surface area contributed by atoms with Gasteiger partial charge in [-0.1, -0.05) is 18.2 Å². The zero-order chi connectivity index (χ0) is 10.7. The van der Waals surface area contributed by atoms with Crippen LogP contribution in [-0.2, 0) is 9.47 Å². The van der Waals surface area contributed by atoms with E-state index in [1.54, 1.807) is 7.11 Å². The Morgan fingerprint density at radius 3 is 2.93 bits per heavy atom. The van der Waals surface area contributed by atoms with Crippen LogP contribution >= 0.6 is 0 Å². The molecule has 1 heterocycles. The maximum atomic E-state index is 5.61. The molecule has 0 spiro atoms. The highest BCUT2D eigenvalue weighted by atomic mass is 16.7. The molecule has 2 N–H and O–H groups in total. The standard InChI is InChI=1S/C11H15NO3/c1-13-9-5-3-2-4-8(9)10-7-14-11(6-12)15-10/h2-5,10-11H,6-7,12H2,1H3. The third kappa shape index (κ3) is 2.12. The monoisotopic (exact) mass is 209 g/mol. The lowest BCUT2D eigenvalue weighted by molar-refractivity contribution is -0.0499. The van der Waals surface area contributed by atoms with Gasteiger partial charge < -0.3 is 19.9 Å². The second kappa shape index (κ2) is 4.61. The SMILES string of the molecule is COc1ccccc1C1COC(CN)O1. The van der Waals surface area contributed by atoms with Gasteiger partial charge in [0, 0.05) is 12.1 Å². The Labute approximate surface area is 88.9 Å². The highest BCUT2D eigenvalue weighted by molar-refractivity contribution is 5.35. The van der Waals surface area contributed by atoms with Crippen LogP contribution in [0.2, 0.25) is 0 Å². The molecule has 1 aliphatic heterocycles. The summed E-state index contributed by atoms with van der Waals surface area (Å²) >= 11 is 0. The first-order chi connectivity index (χ1) is 7.35. The van der Waals surface area contributed by atoms with Gasteiger partial charge >= 0.3 is 0 Å². The van der Waals surface area contributed by atoms with Crippen molar-refractivity contribution in [3.8, 4) is 5.75 Å². The third-order valence-electron chi connectivity index (χ3n) is 2.43. The Bertz CT molecular complexity index is 329. The molecule has 2 rings (SSSR count). The second-order valence-corrected chi connectivity index (χ2v) is 3.37. The molecule has 2 unspecified atom stereocenters. The highest BCUT2D eigenvalue weighted by Crippen LogP contribution is 2.32. The molecule has 0 amide bonds. The van der Waals surface area contributed by atoms with Crippen molar-refractivity contribution in [1.29, 1.82) is 0 Å². The van der Waals surface area contributed by atoms with Gasteiger partial charge in [-0.15, -0.1) is 0 Å². The first kappa shape index (κ1) is 10.4. The maximum absolute atomic E-state index is 5.61. The fourth-order valence-corrected chi connectivity index (χ4v) is 1.68. The van der Waals surface area contributed by atoms with Crippen molar-refractivity contribution in [3.63, 3.8) is 0 Å². The Balaban J connectivity index is 2.16. The molecule has 0 aliphatic carbocycles. The van der Waals surface area contributed by atoms with Gasteiger partial charge in [-0.2, -0.15) is 0 Å². The van der Waals surface area contributed by atoms with Crippen molar-refractivity contribution < 1.29 is 14.2 Å². The van der Waals surface area contributed by atoms with Crippen LogP contribution in [0.5, 0.6) is 5.75 Å². The Morgan fingerprint density at radius 1 is 1.47 bits per heavy atom. The molecule has 1 aliphatic rings. The van der Waals surface area contributed by atoms with Crippen molar-refractivity contribution in [3.05, 3.63) is 29.8 Å². The second-order valence-electron chi connectivity index (χ2n) is 3.37. The van der Waals surface area contributed by atoms with Gasteiger partial charge in [0.1, 0.15) is 11.9 Å². The molecule has 2 atom stereocenters. The number of hydrogen-bond donors (Lipinski definition) is 1. The van der Waals surface area contributed by atoms with Gasteiger partial charge in [0.2, 0.25) is 0 Å². The molecule has 4 heteroatoms. The smallest absolute Gasteiger partial charge is 0.170 e. The molecule has 0 bridgehead atoms. The Hall–Kier alpha value is -1.10. The van der Waals surface area contributed by atoms with E-state index < -0.39 is 0 Å². The largest absolute Gasteiger partial charge is 0.496 e. The van der Waals surface area contributed by atoms with Crippen molar-refractivity contribution in [2.24, 2.45) is 5.73 Å². The number of methoxy groups -OCH3 is 1. The van der Waals surface area contributed by atoms with Crippen LogP contribution in [0, 0.1) is 0 Å². The topological polar surface area (TPSA) is 53.7 Å². The van der Waals surface area contributed by atoms with Gasteiger partial charge in [-0.25, -0.2) is 0 Å². The minimum absolute atomic E-state index is 0.0744. The minimum Gasteiger partial charge on any atom is -0.496 e. The van der Waals surface area contributed by atoms with Crippen molar-refractivity contribution >= 4 is 0 Å². The van der Waals surface area contributed by atoms with E-state index in [4.69, 9.17) is 19.9 Å². The summed E-state index contributed by atoms with van der Waals surface area (Å²) in [6, 6.07) is 7.77. The number of nitrogens with two attached hydrogens (primary N) is 1. The first-order valence-corrected chi connectivity index (χ1v) is 4.95. The van der Waals surface area contributed by atoms with Crippen LogP contribution in [0.15, 0.2) is 24.3 Å². The molecule has 82 valence electrons. The van der Waals surface area contributed by atoms with Gasteiger partial charge in [-0.3, -0.25) is 0 Å². The minimum atomic E-state index is -0.292. The highest BCUT2D eigenvalue weighted by Gasteiger charge is 2.27. The molecular formula is C11H15NO3. The lowest BCUT2D eigenvalue weighted by Crippen LogP contribution is -2.20. The van der Waals surface area contributed by atoms with E-state index in [2.05, 4.69) is 0 Å². The van der Waals surface area contributed by atoms with Crippen LogP contribution in [0.4, 0.5) is 0 Å². The maximum Gasteiger partial charge on any atom is 0.170 e. The van der Waals surface area contributed by atoms with E-state index in [0.717, 1.165) is 11.3 Å². The predicted octanol–water partition coefficient (Wildman–Crippen LogP) is 1.07.